The molecule has 0 bridgehead atoms. The van der Waals surface area contributed by atoms with Crippen LogP contribution in [0.15, 0.2) is 6.20 Å². The fourth-order valence-corrected chi connectivity index (χ4v) is 3.01. The first kappa shape index (κ1) is 13.8. The zero-order valence-electron chi connectivity index (χ0n) is 12.3. The first-order valence-electron chi connectivity index (χ1n) is 6.83. The molecule has 112 valence electrons. The van der Waals surface area contributed by atoms with Crippen LogP contribution in [0.4, 0.5) is 5.69 Å². The third-order valence-corrected chi connectivity index (χ3v) is 4.00. The Labute approximate surface area is 121 Å². The molecule has 7 heteroatoms. The van der Waals surface area contributed by atoms with E-state index in [0.29, 0.717) is 30.8 Å². The number of nitrogens with zero attached hydrogens (tertiary/aromatic N) is 4. The zero-order chi connectivity index (χ0) is 15.4. The van der Waals surface area contributed by atoms with E-state index in [1.54, 1.807) is 18.7 Å². The Morgan fingerprint density at radius 1 is 1.48 bits per heavy atom. The van der Waals surface area contributed by atoms with Crippen LogP contribution in [-0.2, 0) is 7.05 Å². The van der Waals surface area contributed by atoms with E-state index in [4.69, 9.17) is 0 Å². The van der Waals surface area contributed by atoms with Crippen LogP contribution in [0.2, 0.25) is 0 Å². The number of rotatable bonds is 2. The number of carboxylic acid groups (broad SMARTS) is 1. The number of hydrogen-bond acceptors (Lipinski definition) is 5. The number of hydrogen-bond donors (Lipinski definition) is 2. The number of carboxylic acids is 1. The van der Waals surface area contributed by atoms with Gasteiger partial charge in [0.2, 0.25) is 0 Å². The molecule has 1 aliphatic rings. The summed E-state index contributed by atoms with van der Waals surface area (Å²) in [6, 6.07) is 0. The summed E-state index contributed by atoms with van der Waals surface area (Å²) in [6.45, 7) is 4.62. The Morgan fingerprint density at radius 3 is 2.76 bits per heavy atom. The Morgan fingerprint density at radius 2 is 2.19 bits per heavy atom. The number of β-amino-alcohol motifs (C(OH)–C–C–N with tert-alkyl or cyclic N) is 1. The second-order valence-electron chi connectivity index (χ2n) is 5.90. The quantitative estimate of drug-likeness (QED) is 0.855. The van der Waals surface area contributed by atoms with Gasteiger partial charge in [-0.1, -0.05) is 0 Å². The van der Waals surface area contributed by atoms with Gasteiger partial charge in [-0.05, 0) is 20.3 Å². The summed E-state index contributed by atoms with van der Waals surface area (Å²) < 4.78 is 1.65. The molecule has 0 spiro atoms. The molecule has 7 nitrogen and oxygen atoms in total. The Balaban J connectivity index is 2.27. The monoisotopic (exact) mass is 290 g/mol. The summed E-state index contributed by atoms with van der Waals surface area (Å²) in [6.07, 6.45) is 1.98. The number of aliphatic hydroxyl groups is 1. The fourth-order valence-electron chi connectivity index (χ4n) is 3.01. The lowest BCUT2D eigenvalue weighted by Crippen LogP contribution is -2.30. The zero-order valence-corrected chi connectivity index (χ0v) is 12.3. The lowest BCUT2D eigenvalue weighted by molar-refractivity contribution is 0.0695. The summed E-state index contributed by atoms with van der Waals surface area (Å²) >= 11 is 0. The van der Waals surface area contributed by atoms with Crippen LogP contribution in [0, 0.1) is 6.92 Å². The number of carbonyl (C=O) groups is 1. The Bertz CT molecular complexity index is 735. The number of anilines is 1. The van der Waals surface area contributed by atoms with Crippen LogP contribution < -0.4 is 4.90 Å². The molecule has 0 aromatic carbocycles. The van der Waals surface area contributed by atoms with Gasteiger partial charge in [0.1, 0.15) is 5.56 Å². The molecule has 2 N–H and O–H groups in total. The topological polar surface area (TPSA) is 91.5 Å². The highest BCUT2D eigenvalue weighted by Gasteiger charge is 2.35. The molecule has 2 aromatic heterocycles. The standard InChI is InChI=1S/C14H18N4O3/c1-8-10-11(18-5-4-14(2,21)7-18)9(13(19)20)6-15-12(10)17(3)16-8/h6,21H,4-5,7H2,1-3H3,(H,19,20). The number of pyridine rings is 1. The average Bonchev–Trinajstić information content (AvgIpc) is 2.89. The molecule has 1 atom stereocenters. The van der Waals surface area contributed by atoms with E-state index < -0.39 is 11.6 Å². The normalized spacial score (nSPS) is 22.2. The minimum atomic E-state index is -1.02. The van der Waals surface area contributed by atoms with Crippen LogP contribution in [-0.4, -0.2) is 49.6 Å². The predicted octanol–water partition coefficient (Wildman–Crippen LogP) is 0.936. The van der Waals surface area contributed by atoms with Crippen LogP contribution in [0.1, 0.15) is 29.4 Å². The number of aryl methyl sites for hydroxylation is 2. The molecule has 1 fully saturated rings. The summed E-state index contributed by atoms with van der Waals surface area (Å²) in [4.78, 5) is 17.7. The molecule has 0 amide bonds. The molecule has 1 unspecified atom stereocenters. The molecule has 0 radical (unpaired) electrons. The van der Waals surface area contributed by atoms with Crippen molar-refractivity contribution in [3.63, 3.8) is 0 Å². The van der Waals surface area contributed by atoms with E-state index in [-0.39, 0.29) is 5.56 Å². The highest BCUT2D eigenvalue weighted by molar-refractivity contribution is 6.05. The van der Waals surface area contributed by atoms with E-state index >= 15 is 0 Å². The van der Waals surface area contributed by atoms with Crippen LogP contribution >= 0.6 is 0 Å². The van der Waals surface area contributed by atoms with E-state index in [1.807, 2.05) is 11.8 Å². The maximum atomic E-state index is 11.5. The summed E-state index contributed by atoms with van der Waals surface area (Å²) in [5, 5.41) is 24.7. The first-order chi connectivity index (χ1) is 9.80. The van der Waals surface area contributed by atoms with Crippen molar-refractivity contribution in [1.29, 1.82) is 0 Å². The van der Waals surface area contributed by atoms with Crippen molar-refractivity contribution in [1.82, 2.24) is 14.8 Å². The van der Waals surface area contributed by atoms with E-state index in [0.717, 1.165) is 11.1 Å². The van der Waals surface area contributed by atoms with Crippen molar-refractivity contribution >= 4 is 22.7 Å². The minimum absolute atomic E-state index is 0.149. The molecule has 2 aromatic rings. The average molecular weight is 290 g/mol. The lowest BCUT2D eigenvalue weighted by atomic mass is 10.1. The van der Waals surface area contributed by atoms with Gasteiger partial charge in [-0.15, -0.1) is 0 Å². The summed E-state index contributed by atoms with van der Waals surface area (Å²) in [5.41, 5.74) is 1.34. The third-order valence-electron chi connectivity index (χ3n) is 4.00. The maximum absolute atomic E-state index is 11.5. The van der Waals surface area contributed by atoms with Crippen molar-refractivity contribution in [2.75, 3.05) is 18.0 Å². The van der Waals surface area contributed by atoms with Gasteiger partial charge in [-0.3, -0.25) is 4.68 Å². The lowest BCUT2D eigenvalue weighted by Gasteiger charge is -2.23. The van der Waals surface area contributed by atoms with Crippen LogP contribution in [0.25, 0.3) is 11.0 Å². The van der Waals surface area contributed by atoms with Gasteiger partial charge in [-0.25, -0.2) is 9.78 Å². The molecule has 21 heavy (non-hydrogen) atoms. The number of fused-ring (bicyclic) bond motifs is 1. The van der Waals surface area contributed by atoms with Crippen molar-refractivity contribution in [3.8, 4) is 0 Å². The maximum Gasteiger partial charge on any atom is 0.339 e. The Kier molecular flexibility index (Phi) is 2.91. The fraction of sp³-hybridized carbons (Fsp3) is 0.500. The van der Waals surface area contributed by atoms with Gasteiger partial charge in [-0.2, -0.15) is 5.10 Å². The van der Waals surface area contributed by atoms with Gasteiger partial charge < -0.3 is 15.1 Å². The first-order valence-corrected chi connectivity index (χ1v) is 6.83. The van der Waals surface area contributed by atoms with E-state index in [9.17, 15) is 15.0 Å². The van der Waals surface area contributed by atoms with Crippen LogP contribution in [0.3, 0.4) is 0 Å². The highest BCUT2D eigenvalue weighted by atomic mass is 16.4. The van der Waals surface area contributed by atoms with Crippen molar-refractivity contribution in [2.45, 2.75) is 25.9 Å². The van der Waals surface area contributed by atoms with Gasteiger partial charge >= 0.3 is 5.97 Å². The summed E-state index contributed by atoms with van der Waals surface area (Å²) in [5.74, 6) is -1.02. The van der Waals surface area contributed by atoms with Crippen molar-refractivity contribution < 1.29 is 15.0 Å². The van der Waals surface area contributed by atoms with Gasteiger partial charge in [0, 0.05) is 26.3 Å². The highest BCUT2D eigenvalue weighted by Crippen LogP contribution is 2.35. The molecule has 0 saturated carbocycles. The van der Waals surface area contributed by atoms with Gasteiger partial charge in [0.25, 0.3) is 0 Å². The largest absolute Gasteiger partial charge is 0.478 e. The SMILES string of the molecule is Cc1nn(C)c2ncc(C(=O)O)c(N3CCC(C)(O)C3)c12. The van der Waals surface area contributed by atoms with Crippen LogP contribution in [0.5, 0.6) is 0 Å². The smallest absolute Gasteiger partial charge is 0.339 e. The molecular formula is C14H18N4O3. The molecule has 1 saturated heterocycles. The molecule has 3 rings (SSSR count). The predicted molar refractivity (Wildman–Crippen MR) is 77.7 cm³/mol. The second-order valence-corrected chi connectivity index (χ2v) is 5.90. The third kappa shape index (κ3) is 2.13. The van der Waals surface area contributed by atoms with Crippen molar-refractivity contribution in [2.24, 2.45) is 7.05 Å². The molecular weight excluding hydrogens is 272 g/mol. The Hall–Kier alpha value is -2.15. The number of aromatic carboxylic acids is 1. The van der Waals surface area contributed by atoms with E-state index in [2.05, 4.69) is 10.1 Å². The van der Waals surface area contributed by atoms with Crippen molar-refractivity contribution in [3.05, 3.63) is 17.5 Å². The molecule has 1 aliphatic heterocycles. The molecule has 0 aliphatic carbocycles. The minimum Gasteiger partial charge on any atom is -0.478 e. The number of aromatic nitrogens is 3. The summed E-state index contributed by atoms with van der Waals surface area (Å²) in [7, 11) is 1.78. The molecule has 3 heterocycles. The van der Waals surface area contributed by atoms with Gasteiger partial charge in [0.15, 0.2) is 5.65 Å². The van der Waals surface area contributed by atoms with Gasteiger partial charge in [0.05, 0.1) is 22.4 Å². The van der Waals surface area contributed by atoms with E-state index in [1.165, 1.54) is 6.20 Å². The second kappa shape index (κ2) is 4.42.